The molecular weight excluding hydrogens is 285 g/mol. The first-order valence-corrected chi connectivity index (χ1v) is 7.17. The lowest BCUT2D eigenvalue weighted by atomic mass is 10.1. The van der Waals surface area contributed by atoms with Gasteiger partial charge >= 0.3 is 0 Å². The normalized spacial score (nSPS) is 12.4. The standard InChI is InChI=1S/C16H26FN3O2/c1-16(2,22-5)11-20-15(18-3)19-9-12-6-7-14(17)13(8-12)10-21-4/h6-8H,9-11H2,1-5H3,(H2,18,19,20). The molecule has 0 fully saturated rings. The number of benzene rings is 1. The smallest absolute Gasteiger partial charge is 0.191 e. The van der Waals surface area contributed by atoms with Crippen molar-refractivity contribution < 1.29 is 13.9 Å². The minimum absolute atomic E-state index is 0.255. The van der Waals surface area contributed by atoms with Crippen molar-refractivity contribution in [2.75, 3.05) is 27.8 Å². The van der Waals surface area contributed by atoms with Crippen LogP contribution in [0.3, 0.4) is 0 Å². The molecule has 124 valence electrons. The zero-order chi connectivity index (χ0) is 16.6. The second-order valence-corrected chi connectivity index (χ2v) is 5.60. The highest BCUT2D eigenvalue weighted by molar-refractivity contribution is 5.79. The van der Waals surface area contributed by atoms with E-state index < -0.39 is 0 Å². The highest BCUT2D eigenvalue weighted by Gasteiger charge is 2.16. The van der Waals surface area contributed by atoms with E-state index >= 15 is 0 Å². The van der Waals surface area contributed by atoms with Crippen molar-refractivity contribution in [3.8, 4) is 0 Å². The topological polar surface area (TPSA) is 54.9 Å². The lowest BCUT2D eigenvalue weighted by Gasteiger charge is -2.24. The third-order valence-electron chi connectivity index (χ3n) is 3.33. The summed E-state index contributed by atoms with van der Waals surface area (Å²) in [7, 11) is 4.93. The molecule has 6 heteroatoms. The van der Waals surface area contributed by atoms with Crippen LogP contribution in [0, 0.1) is 5.82 Å². The molecule has 0 spiro atoms. The molecule has 1 aromatic rings. The number of ether oxygens (including phenoxy) is 2. The second-order valence-electron chi connectivity index (χ2n) is 5.60. The van der Waals surface area contributed by atoms with E-state index in [9.17, 15) is 4.39 Å². The van der Waals surface area contributed by atoms with Crippen LogP contribution in [0.2, 0.25) is 0 Å². The average molecular weight is 311 g/mol. The Morgan fingerprint density at radius 2 is 2.00 bits per heavy atom. The first kappa shape index (κ1) is 18.4. The Kier molecular flexibility index (Phi) is 7.27. The van der Waals surface area contributed by atoms with Gasteiger partial charge in [-0.05, 0) is 31.5 Å². The number of hydrogen-bond acceptors (Lipinski definition) is 3. The minimum Gasteiger partial charge on any atom is -0.380 e. The van der Waals surface area contributed by atoms with Crippen molar-refractivity contribution >= 4 is 5.96 Å². The van der Waals surface area contributed by atoms with Gasteiger partial charge < -0.3 is 20.1 Å². The van der Waals surface area contributed by atoms with Crippen LogP contribution in [0.4, 0.5) is 4.39 Å². The van der Waals surface area contributed by atoms with E-state index in [-0.39, 0.29) is 18.0 Å². The van der Waals surface area contributed by atoms with Crippen LogP contribution in [-0.2, 0) is 22.6 Å². The van der Waals surface area contributed by atoms with Crippen molar-refractivity contribution in [1.29, 1.82) is 0 Å². The van der Waals surface area contributed by atoms with Gasteiger partial charge in [-0.1, -0.05) is 6.07 Å². The van der Waals surface area contributed by atoms with E-state index in [0.29, 0.717) is 24.6 Å². The fraction of sp³-hybridized carbons (Fsp3) is 0.562. The molecule has 0 amide bonds. The maximum absolute atomic E-state index is 13.6. The summed E-state index contributed by atoms with van der Waals surface area (Å²) >= 11 is 0. The van der Waals surface area contributed by atoms with E-state index in [1.165, 1.54) is 6.07 Å². The first-order valence-electron chi connectivity index (χ1n) is 7.17. The minimum atomic E-state index is -0.279. The number of halogens is 1. The summed E-state index contributed by atoms with van der Waals surface area (Å²) in [6.45, 7) is 5.41. The highest BCUT2D eigenvalue weighted by atomic mass is 19.1. The zero-order valence-electron chi connectivity index (χ0n) is 14.0. The van der Waals surface area contributed by atoms with E-state index in [2.05, 4.69) is 15.6 Å². The Morgan fingerprint density at radius 1 is 1.27 bits per heavy atom. The summed E-state index contributed by atoms with van der Waals surface area (Å²) in [6, 6.07) is 4.99. The fourth-order valence-electron chi connectivity index (χ4n) is 1.78. The van der Waals surface area contributed by atoms with Crippen molar-refractivity contribution in [2.45, 2.75) is 32.6 Å². The molecule has 0 aliphatic rings. The molecule has 5 nitrogen and oxygen atoms in total. The van der Waals surface area contributed by atoms with Gasteiger partial charge in [0, 0.05) is 39.9 Å². The quantitative estimate of drug-likeness (QED) is 0.598. The van der Waals surface area contributed by atoms with Gasteiger partial charge in [0.1, 0.15) is 5.82 Å². The van der Waals surface area contributed by atoms with Gasteiger partial charge in [-0.25, -0.2) is 4.39 Å². The van der Waals surface area contributed by atoms with Crippen LogP contribution in [0.15, 0.2) is 23.2 Å². The summed E-state index contributed by atoms with van der Waals surface area (Å²) in [4.78, 5) is 4.16. The number of aliphatic imine (C=N–C) groups is 1. The van der Waals surface area contributed by atoms with Gasteiger partial charge in [-0.2, -0.15) is 0 Å². The molecule has 0 unspecified atom stereocenters. The average Bonchev–Trinajstić information content (AvgIpc) is 2.50. The van der Waals surface area contributed by atoms with Gasteiger partial charge in [0.25, 0.3) is 0 Å². The lowest BCUT2D eigenvalue weighted by molar-refractivity contribution is 0.0268. The van der Waals surface area contributed by atoms with Crippen LogP contribution in [0.5, 0.6) is 0 Å². The summed E-state index contributed by atoms with van der Waals surface area (Å²) < 4.78 is 23.9. The molecule has 0 atom stereocenters. The number of nitrogens with one attached hydrogen (secondary N) is 2. The van der Waals surface area contributed by atoms with Gasteiger partial charge in [0.2, 0.25) is 0 Å². The summed E-state index contributed by atoms with van der Waals surface area (Å²) in [6.07, 6.45) is 0. The number of guanidine groups is 1. The Hall–Kier alpha value is -1.66. The summed E-state index contributed by atoms with van der Waals surface area (Å²) in [5.74, 6) is 0.415. The molecule has 0 heterocycles. The van der Waals surface area contributed by atoms with Crippen molar-refractivity contribution in [3.05, 3.63) is 35.1 Å². The molecule has 0 saturated heterocycles. The molecule has 1 rings (SSSR count). The van der Waals surface area contributed by atoms with Crippen LogP contribution >= 0.6 is 0 Å². The molecule has 0 saturated carbocycles. The summed E-state index contributed by atoms with van der Waals surface area (Å²) in [5.41, 5.74) is 1.23. The second kappa shape index (κ2) is 8.70. The molecular formula is C16H26FN3O2. The molecule has 0 aromatic heterocycles. The van der Waals surface area contributed by atoms with Crippen LogP contribution in [0.25, 0.3) is 0 Å². The highest BCUT2D eigenvalue weighted by Crippen LogP contribution is 2.11. The lowest BCUT2D eigenvalue weighted by Crippen LogP contribution is -2.45. The van der Waals surface area contributed by atoms with Gasteiger partial charge in [-0.15, -0.1) is 0 Å². The van der Waals surface area contributed by atoms with Crippen LogP contribution < -0.4 is 10.6 Å². The van der Waals surface area contributed by atoms with Crippen LogP contribution in [0.1, 0.15) is 25.0 Å². The first-order chi connectivity index (χ1) is 10.4. The van der Waals surface area contributed by atoms with Crippen molar-refractivity contribution in [1.82, 2.24) is 10.6 Å². The molecule has 0 aliphatic heterocycles. The predicted octanol–water partition coefficient (Wildman–Crippen LogP) is 2.06. The maximum Gasteiger partial charge on any atom is 0.191 e. The molecule has 0 bridgehead atoms. The molecule has 1 aromatic carbocycles. The fourth-order valence-corrected chi connectivity index (χ4v) is 1.78. The van der Waals surface area contributed by atoms with Crippen molar-refractivity contribution in [3.63, 3.8) is 0 Å². The third kappa shape index (κ3) is 5.99. The van der Waals surface area contributed by atoms with E-state index in [1.54, 1.807) is 33.4 Å². The number of rotatable bonds is 7. The largest absolute Gasteiger partial charge is 0.380 e. The Morgan fingerprint density at radius 3 is 2.59 bits per heavy atom. The number of nitrogens with zero attached hydrogens (tertiary/aromatic N) is 1. The van der Waals surface area contributed by atoms with Gasteiger partial charge in [-0.3, -0.25) is 4.99 Å². The van der Waals surface area contributed by atoms with Gasteiger partial charge in [0.05, 0.1) is 12.2 Å². The summed E-state index contributed by atoms with van der Waals surface area (Å²) in [5, 5.41) is 6.39. The van der Waals surface area contributed by atoms with Crippen molar-refractivity contribution in [2.24, 2.45) is 4.99 Å². The Bertz CT molecular complexity index is 504. The van der Waals surface area contributed by atoms with E-state index in [0.717, 1.165) is 5.56 Å². The van der Waals surface area contributed by atoms with Crippen LogP contribution in [-0.4, -0.2) is 39.4 Å². The molecule has 0 radical (unpaired) electrons. The molecule has 2 N–H and O–H groups in total. The zero-order valence-corrected chi connectivity index (χ0v) is 14.0. The molecule has 0 aliphatic carbocycles. The third-order valence-corrected chi connectivity index (χ3v) is 3.33. The van der Waals surface area contributed by atoms with E-state index in [1.807, 2.05) is 13.8 Å². The SMILES string of the molecule is CN=C(NCc1ccc(F)c(COC)c1)NCC(C)(C)OC. The van der Waals surface area contributed by atoms with Gasteiger partial charge in [0.15, 0.2) is 5.96 Å². The number of hydrogen-bond donors (Lipinski definition) is 2. The molecule has 22 heavy (non-hydrogen) atoms. The monoisotopic (exact) mass is 311 g/mol. The maximum atomic E-state index is 13.6. The Labute approximate surface area is 131 Å². The van der Waals surface area contributed by atoms with E-state index in [4.69, 9.17) is 9.47 Å². The number of methoxy groups -OCH3 is 2. The Balaban J connectivity index is 2.58. The predicted molar refractivity (Wildman–Crippen MR) is 86.4 cm³/mol.